The number of allylic oxidation sites excluding steroid dienone is 1. The number of hydrogen-bond donors (Lipinski definition) is 1. The van der Waals surface area contributed by atoms with E-state index in [2.05, 4.69) is 9.88 Å². The molecule has 33 heavy (non-hydrogen) atoms. The lowest BCUT2D eigenvalue weighted by atomic mass is 9.95. The van der Waals surface area contributed by atoms with Gasteiger partial charge in [-0.15, -0.1) is 0 Å². The molecule has 178 valence electrons. The summed E-state index contributed by atoms with van der Waals surface area (Å²) in [4.78, 5) is 24.8. The number of carbonyl (C=O) groups excluding carboxylic acids is 1. The smallest absolute Gasteiger partial charge is 0.330 e. The number of rotatable bonds is 8. The maximum Gasteiger partial charge on any atom is 0.330 e. The minimum atomic E-state index is -0.376. The molecule has 0 radical (unpaired) electrons. The highest BCUT2D eigenvalue weighted by Crippen LogP contribution is 2.34. The standard InChI is InChI=1S/C27H35FN2O3/c1-2-33-26(31)15-9-6-10-19-18-30(21-13-7-8-14-21)25-17-24(23(28)16-22(25)27(19)32)29-20-11-4-3-5-12-20/h9,15-18,20-21,29H,2-8,10-14H2,1H3. The van der Waals surface area contributed by atoms with E-state index in [1.807, 2.05) is 12.3 Å². The molecule has 1 N–H and O–H groups in total. The van der Waals surface area contributed by atoms with Crippen LogP contribution in [0.3, 0.4) is 0 Å². The van der Waals surface area contributed by atoms with Gasteiger partial charge in [0.15, 0.2) is 5.43 Å². The number of hydrogen-bond acceptors (Lipinski definition) is 4. The van der Waals surface area contributed by atoms with Crippen molar-refractivity contribution in [2.75, 3.05) is 11.9 Å². The minimum Gasteiger partial charge on any atom is -0.463 e. The molecule has 0 bridgehead atoms. The van der Waals surface area contributed by atoms with E-state index in [4.69, 9.17) is 4.74 Å². The third-order valence-corrected chi connectivity index (χ3v) is 7.00. The number of benzene rings is 1. The molecule has 4 rings (SSSR count). The average molecular weight is 455 g/mol. The number of nitrogens with one attached hydrogen (secondary N) is 1. The van der Waals surface area contributed by atoms with Crippen LogP contribution in [0.5, 0.6) is 0 Å². The van der Waals surface area contributed by atoms with Crippen molar-refractivity contribution in [1.29, 1.82) is 0 Å². The maximum absolute atomic E-state index is 15.1. The van der Waals surface area contributed by atoms with Crippen LogP contribution in [0.1, 0.15) is 82.7 Å². The first-order chi connectivity index (χ1) is 16.1. The van der Waals surface area contributed by atoms with Crippen LogP contribution < -0.4 is 10.7 Å². The van der Waals surface area contributed by atoms with Crippen molar-refractivity contribution in [3.05, 3.63) is 52.1 Å². The Morgan fingerprint density at radius 1 is 1.15 bits per heavy atom. The third kappa shape index (κ3) is 5.66. The summed E-state index contributed by atoms with van der Waals surface area (Å²) in [6.45, 7) is 2.10. The third-order valence-electron chi connectivity index (χ3n) is 7.00. The molecule has 0 atom stereocenters. The van der Waals surface area contributed by atoms with Crippen LogP contribution in [0.4, 0.5) is 10.1 Å². The molecule has 1 heterocycles. The Hall–Kier alpha value is -2.63. The van der Waals surface area contributed by atoms with Crippen molar-refractivity contribution in [3.63, 3.8) is 0 Å². The van der Waals surface area contributed by atoms with E-state index in [0.717, 1.165) is 31.2 Å². The molecule has 2 aliphatic rings. The molecular weight excluding hydrogens is 419 g/mol. The first-order valence-electron chi connectivity index (χ1n) is 12.5. The van der Waals surface area contributed by atoms with E-state index in [-0.39, 0.29) is 17.2 Å². The van der Waals surface area contributed by atoms with Gasteiger partial charge in [-0.25, -0.2) is 9.18 Å². The molecule has 2 saturated carbocycles. The number of fused-ring (bicyclic) bond motifs is 1. The molecule has 0 amide bonds. The van der Waals surface area contributed by atoms with Gasteiger partial charge in [-0.3, -0.25) is 4.79 Å². The van der Waals surface area contributed by atoms with Gasteiger partial charge in [-0.05, 0) is 57.6 Å². The summed E-state index contributed by atoms with van der Waals surface area (Å²) >= 11 is 0. The average Bonchev–Trinajstić information content (AvgIpc) is 3.35. The van der Waals surface area contributed by atoms with Crippen LogP contribution in [-0.4, -0.2) is 23.2 Å². The van der Waals surface area contributed by atoms with Gasteiger partial charge < -0.3 is 14.6 Å². The Bertz CT molecular complexity index is 1060. The normalized spacial score (nSPS) is 17.8. The minimum absolute atomic E-state index is 0.119. The molecule has 0 spiro atoms. The van der Waals surface area contributed by atoms with Gasteiger partial charge in [0.1, 0.15) is 5.82 Å². The Balaban J connectivity index is 1.66. The second-order valence-corrected chi connectivity index (χ2v) is 9.35. The molecule has 2 aromatic rings. The molecule has 0 aliphatic heterocycles. The molecular formula is C27H35FN2O3. The van der Waals surface area contributed by atoms with Crippen molar-refractivity contribution in [2.45, 2.75) is 89.6 Å². The SMILES string of the molecule is CCOC(=O)C=CCCc1cn(C2CCCC2)c2cc(NC3CCCCC3)c(F)cc2c1=O. The Labute approximate surface area is 195 Å². The summed E-state index contributed by atoms with van der Waals surface area (Å²) in [5, 5.41) is 3.86. The quantitative estimate of drug-likeness (QED) is 0.389. The van der Waals surface area contributed by atoms with Gasteiger partial charge in [0.2, 0.25) is 0 Å². The Morgan fingerprint density at radius 2 is 1.88 bits per heavy atom. The van der Waals surface area contributed by atoms with Crippen LogP contribution in [0.25, 0.3) is 10.9 Å². The molecule has 2 aliphatic carbocycles. The Morgan fingerprint density at radius 3 is 2.61 bits per heavy atom. The zero-order chi connectivity index (χ0) is 23.2. The molecule has 0 unspecified atom stereocenters. The van der Waals surface area contributed by atoms with Gasteiger partial charge in [0.05, 0.1) is 17.8 Å². The van der Waals surface area contributed by atoms with Crippen molar-refractivity contribution in [1.82, 2.24) is 4.57 Å². The number of esters is 1. The highest BCUT2D eigenvalue weighted by atomic mass is 19.1. The lowest BCUT2D eigenvalue weighted by Crippen LogP contribution is -2.23. The second-order valence-electron chi connectivity index (χ2n) is 9.35. The van der Waals surface area contributed by atoms with Crippen LogP contribution in [-0.2, 0) is 16.0 Å². The van der Waals surface area contributed by atoms with E-state index in [0.29, 0.717) is 48.2 Å². The fraction of sp³-hybridized carbons (Fsp3) is 0.556. The fourth-order valence-corrected chi connectivity index (χ4v) is 5.28. The van der Waals surface area contributed by atoms with Crippen LogP contribution in [0.2, 0.25) is 0 Å². The summed E-state index contributed by atoms with van der Waals surface area (Å²) in [6.07, 6.45) is 16.4. The summed E-state index contributed by atoms with van der Waals surface area (Å²) in [6, 6.07) is 3.90. The molecule has 5 nitrogen and oxygen atoms in total. The largest absolute Gasteiger partial charge is 0.463 e. The van der Waals surface area contributed by atoms with Gasteiger partial charge in [-0.2, -0.15) is 0 Å². The summed E-state index contributed by atoms with van der Waals surface area (Å²) in [7, 11) is 0. The number of ether oxygens (including phenoxy) is 1. The summed E-state index contributed by atoms with van der Waals surface area (Å²) < 4.78 is 22.2. The number of halogens is 1. The molecule has 6 heteroatoms. The van der Waals surface area contributed by atoms with E-state index in [1.54, 1.807) is 13.0 Å². The first-order valence-corrected chi connectivity index (χ1v) is 12.5. The second kappa shape index (κ2) is 11.0. The summed E-state index contributed by atoms with van der Waals surface area (Å²) in [5.41, 5.74) is 1.87. The van der Waals surface area contributed by atoms with Crippen molar-refractivity contribution >= 4 is 22.6 Å². The van der Waals surface area contributed by atoms with Crippen molar-refractivity contribution in [2.24, 2.45) is 0 Å². The number of aryl methyl sites for hydroxylation is 1. The van der Waals surface area contributed by atoms with E-state index in [1.165, 1.54) is 44.2 Å². The van der Waals surface area contributed by atoms with E-state index < -0.39 is 0 Å². The molecule has 1 aromatic heterocycles. The predicted molar refractivity (Wildman–Crippen MR) is 130 cm³/mol. The lowest BCUT2D eigenvalue weighted by molar-refractivity contribution is -0.137. The van der Waals surface area contributed by atoms with Crippen LogP contribution in [0.15, 0.2) is 35.3 Å². The number of aromatic nitrogens is 1. The molecule has 2 fully saturated rings. The topological polar surface area (TPSA) is 60.3 Å². The first kappa shape index (κ1) is 23.5. The number of pyridine rings is 1. The number of carbonyl (C=O) groups is 1. The van der Waals surface area contributed by atoms with E-state index in [9.17, 15) is 9.59 Å². The van der Waals surface area contributed by atoms with Gasteiger partial charge in [0, 0.05) is 35.3 Å². The predicted octanol–water partition coefficient (Wildman–Crippen LogP) is 6.05. The molecule has 0 saturated heterocycles. The van der Waals surface area contributed by atoms with Crippen molar-refractivity contribution < 1.29 is 13.9 Å². The zero-order valence-corrected chi connectivity index (χ0v) is 19.6. The lowest BCUT2D eigenvalue weighted by Gasteiger charge is -2.25. The van der Waals surface area contributed by atoms with Crippen LogP contribution in [0, 0.1) is 5.82 Å². The number of anilines is 1. The highest BCUT2D eigenvalue weighted by molar-refractivity contribution is 5.84. The van der Waals surface area contributed by atoms with Crippen molar-refractivity contribution in [3.8, 4) is 0 Å². The maximum atomic E-state index is 15.1. The Kier molecular flexibility index (Phi) is 7.84. The zero-order valence-electron chi connectivity index (χ0n) is 19.6. The number of nitrogens with zero attached hydrogens (tertiary/aromatic N) is 1. The highest BCUT2D eigenvalue weighted by Gasteiger charge is 2.22. The van der Waals surface area contributed by atoms with Crippen LogP contribution >= 0.6 is 0 Å². The van der Waals surface area contributed by atoms with Gasteiger partial charge >= 0.3 is 5.97 Å². The monoisotopic (exact) mass is 454 g/mol. The van der Waals surface area contributed by atoms with Gasteiger partial charge in [0.25, 0.3) is 0 Å². The summed E-state index contributed by atoms with van der Waals surface area (Å²) in [5.74, 6) is -0.734. The van der Waals surface area contributed by atoms with E-state index >= 15 is 4.39 Å². The van der Waals surface area contributed by atoms with Gasteiger partial charge in [-0.1, -0.05) is 38.2 Å². The molecule has 1 aromatic carbocycles. The fourth-order valence-electron chi connectivity index (χ4n) is 5.28.